The Labute approximate surface area is 89.5 Å². The van der Waals surface area contributed by atoms with Crippen LogP contribution in [0.4, 0.5) is 13.2 Å². The van der Waals surface area contributed by atoms with Crippen LogP contribution in [0.5, 0.6) is 0 Å². The van der Waals surface area contributed by atoms with Crippen molar-refractivity contribution in [3.63, 3.8) is 0 Å². The monoisotopic (exact) mass is 234 g/mol. The van der Waals surface area contributed by atoms with Gasteiger partial charge in [0.1, 0.15) is 19.0 Å². The number of alkyl halides is 3. The molecule has 1 heterocycles. The molecular formula is C8H9F3N4O. The maximum Gasteiger partial charge on any atom is 0.411 e. The van der Waals surface area contributed by atoms with E-state index in [2.05, 4.69) is 14.8 Å². The van der Waals surface area contributed by atoms with Crippen molar-refractivity contribution in [2.45, 2.75) is 19.1 Å². The first-order valence-electron chi connectivity index (χ1n) is 4.45. The molecule has 0 aliphatic carbocycles. The minimum atomic E-state index is -4.29. The predicted molar refractivity (Wildman–Crippen MR) is 46.2 cm³/mol. The van der Waals surface area contributed by atoms with Crippen LogP contribution in [0.2, 0.25) is 0 Å². The zero-order chi connectivity index (χ0) is 12.0. The molecule has 0 N–H and O–H groups in total. The molecule has 0 aromatic carbocycles. The fourth-order valence-electron chi connectivity index (χ4n) is 0.970. The van der Waals surface area contributed by atoms with E-state index in [1.807, 2.05) is 0 Å². The molecule has 16 heavy (non-hydrogen) atoms. The van der Waals surface area contributed by atoms with E-state index < -0.39 is 12.8 Å². The molecule has 0 unspecified atom stereocenters. The summed E-state index contributed by atoms with van der Waals surface area (Å²) in [6.07, 6.45) is -2.56. The van der Waals surface area contributed by atoms with Gasteiger partial charge in [0.15, 0.2) is 0 Å². The zero-order valence-corrected chi connectivity index (χ0v) is 8.24. The molecule has 8 heteroatoms. The summed E-state index contributed by atoms with van der Waals surface area (Å²) in [5.41, 5.74) is 0. The van der Waals surface area contributed by atoms with Crippen LogP contribution < -0.4 is 0 Å². The summed E-state index contributed by atoms with van der Waals surface area (Å²) in [6, 6.07) is 1.75. The van der Waals surface area contributed by atoms with E-state index in [1.165, 1.54) is 11.0 Å². The number of ether oxygens (including phenoxy) is 1. The van der Waals surface area contributed by atoms with Crippen LogP contribution in [0.3, 0.4) is 0 Å². The van der Waals surface area contributed by atoms with Crippen molar-refractivity contribution in [3.8, 4) is 6.07 Å². The average Bonchev–Trinajstić information content (AvgIpc) is 2.63. The number of rotatable bonds is 5. The van der Waals surface area contributed by atoms with E-state index in [4.69, 9.17) is 5.26 Å². The van der Waals surface area contributed by atoms with Gasteiger partial charge in [-0.05, 0) is 6.42 Å². The average molecular weight is 234 g/mol. The fraction of sp³-hybridized carbons (Fsp3) is 0.625. The van der Waals surface area contributed by atoms with Gasteiger partial charge in [-0.1, -0.05) is 0 Å². The summed E-state index contributed by atoms with van der Waals surface area (Å²) in [4.78, 5) is 3.64. The summed E-state index contributed by atoms with van der Waals surface area (Å²) >= 11 is 0. The van der Waals surface area contributed by atoms with Gasteiger partial charge in [0.05, 0.1) is 0 Å². The van der Waals surface area contributed by atoms with E-state index in [0.29, 0.717) is 13.0 Å². The molecule has 0 amide bonds. The Morgan fingerprint density at radius 1 is 1.50 bits per heavy atom. The van der Waals surface area contributed by atoms with Gasteiger partial charge in [-0.25, -0.2) is 4.98 Å². The minimum Gasteiger partial charge on any atom is -0.372 e. The van der Waals surface area contributed by atoms with Gasteiger partial charge >= 0.3 is 6.18 Å². The Hall–Kier alpha value is -1.62. The highest BCUT2D eigenvalue weighted by molar-refractivity contribution is 5.05. The molecule has 5 nitrogen and oxygen atoms in total. The van der Waals surface area contributed by atoms with Gasteiger partial charge in [0, 0.05) is 13.2 Å². The molecule has 88 valence electrons. The Morgan fingerprint density at radius 2 is 2.25 bits per heavy atom. The Kier molecular flexibility index (Phi) is 4.25. The normalized spacial score (nSPS) is 11.4. The maximum atomic E-state index is 11.7. The lowest BCUT2D eigenvalue weighted by Crippen LogP contribution is -2.17. The van der Waals surface area contributed by atoms with Gasteiger partial charge in [0.2, 0.25) is 0 Å². The van der Waals surface area contributed by atoms with E-state index in [9.17, 15) is 13.2 Å². The highest BCUT2D eigenvalue weighted by atomic mass is 19.4. The summed E-state index contributed by atoms with van der Waals surface area (Å²) in [7, 11) is 0. The molecule has 0 fully saturated rings. The number of aryl methyl sites for hydroxylation is 1. The first-order valence-corrected chi connectivity index (χ1v) is 4.45. The van der Waals surface area contributed by atoms with Crippen LogP contribution in [-0.4, -0.2) is 34.2 Å². The van der Waals surface area contributed by atoms with Crippen molar-refractivity contribution in [1.29, 1.82) is 5.26 Å². The van der Waals surface area contributed by atoms with Crippen molar-refractivity contribution in [1.82, 2.24) is 14.8 Å². The summed E-state index contributed by atoms with van der Waals surface area (Å²) in [5, 5.41) is 12.2. The first-order chi connectivity index (χ1) is 7.51. The van der Waals surface area contributed by atoms with Crippen molar-refractivity contribution >= 4 is 0 Å². The predicted octanol–water partition coefficient (Wildman–Crippen LogP) is 1.12. The van der Waals surface area contributed by atoms with E-state index in [1.54, 1.807) is 6.07 Å². The molecule has 1 aromatic heterocycles. The second-order valence-corrected chi connectivity index (χ2v) is 2.96. The fourth-order valence-corrected chi connectivity index (χ4v) is 0.970. The molecule has 0 saturated heterocycles. The first kappa shape index (κ1) is 12.4. The van der Waals surface area contributed by atoms with Gasteiger partial charge in [-0.15, -0.1) is 5.10 Å². The molecule has 0 aliphatic rings. The Balaban J connectivity index is 2.14. The molecule has 0 spiro atoms. The number of aromatic nitrogens is 3. The SMILES string of the molecule is N#Cc1ncn(CCCOCC(F)(F)F)n1. The maximum absolute atomic E-state index is 11.7. The number of halogens is 3. The number of nitriles is 1. The van der Waals surface area contributed by atoms with Gasteiger partial charge in [-0.3, -0.25) is 4.68 Å². The molecule has 1 aromatic rings. The zero-order valence-electron chi connectivity index (χ0n) is 8.24. The molecule has 0 aliphatic heterocycles. The number of nitrogens with zero attached hydrogens (tertiary/aromatic N) is 4. The molecule has 0 saturated carbocycles. The van der Waals surface area contributed by atoms with Crippen molar-refractivity contribution in [2.75, 3.05) is 13.2 Å². The molecule has 0 bridgehead atoms. The lowest BCUT2D eigenvalue weighted by molar-refractivity contribution is -0.174. The minimum absolute atomic E-state index is 0.0126. The quantitative estimate of drug-likeness (QED) is 0.716. The smallest absolute Gasteiger partial charge is 0.372 e. The Bertz CT molecular complexity index is 368. The third-order valence-corrected chi connectivity index (χ3v) is 1.58. The summed E-state index contributed by atoms with van der Waals surface area (Å²) in [6.45, 7) is -0.887. The summed E-state index contributed by atoms with van der Waals surface area (Å²) < 4.78 is 40.8. The number of hydrogen-bond acceptors (Lipinski definition) is 4. The molecular weight excluding hydrogens is 225 g/mol. The van der Waals surface area contributed by atoms with E-state index >= 15 is 0 Å². The largest absolute Gasteiger partial charge is 0.411 e. The van der Waals surface area contributed by atoms with Crippen LogP contribution in [0.25, 0.3) is 0 Å². The van der Waals surface area contributed by atoms with Crippen LogP contribution >= 0.6 is 0 Å². The van der Waals surface area contributed by atoms with Gasteiger partial charge < -0.3 is 4.74 Å². The highest BCUT2D eigenvalue weighted by Gasteiger charge is 2.27. The van der Waals surface area contributed by atoms with Crippen molar-refractivity contribution in [2.24, 2.45) is 0 Å². The third kappa shape index (κ3) is 4.75. The topological polar surface area (TPSA) is 63.7 Å². The molecule has 1 rings (SSSR count). The molecule has 0 radical (unpaired) electrons. The van der Waals surface area contributed by atoms with Gasteiger partial charge in [-0.2, -0.15) is 18.4 Å². The molecule has 0 atom stereocenters. The highest BCUT2D eigenvalue weighted by Crippen LogP contribution is 2.14. The lowest BCUT2D eigenvalue weighted by Gasteiger charge is -2.06. The van der Waals surface area contributed by atoms with Crippen molar-refractivity contribution in [3.05, 3.63) is 12.2 Å². The van der Waals surface area contributed by atoms with Crippen LogP contribution in [0, 0.1) is 11.3 Å². The van der Waals surface area contributed by atoms with Crippen LogP contribution in [0.1, 0.15) is 12.2 Å². The van der Waals surface area contributed by atoms with Crippen molar-refractivity contribution < 1.29 is 17.9 Å². The van der Waals surface area contributed by atoms with E-state index in [0.717, 1.165) is 0 Å². The van der Waals surface area contributed by atoms with Gasteiger partial charge in [0.25, 0.3) is 5.82 Å². The second-order valence-electron chi connectivity index (χ2n) is 2.96. The third-order valence-electron chi connectivity index (χ3n) is 1.58. The number of hydrogen-bond donors (Lipinski definition) is 0. The summed E-state index contributed by atoms with van der Waals surface area (Å²) in [5.74, 6) is 0.0382. The second kappa shape index (κ2) is 5.46. The standard InChI is InChI=1S/C8H9F3N4O/c9-8(10,11)5-16-3-1-2-15-6-13-7(4-12)14-15/h6H,1-3,5H2. The van der Waals surface area contributed by atoms with Crippen LogP contribution in [0.15, 0.2) is 6.33 Å². The van der Waals surface area contributed by atoms with Crippen LogP contribution in [-0.2, 0) is 11.3 Å². The lowest BCUT2D eigenvalue weighted by atomic mass is 10.4. The Morgan fingerprint density at radius 3 is 2.81 bits per heavy atom. The van der Waals surface area contributed by atoms with E-state index in [-0.39, 0.29) is 12.4 Å².